The number of hydrogen-bond acceptors (Lipinski definition) is 1. The molecule has 0 aromatic heterocycles. The van der Waals surface area contributed by atoms with Gasteiger partial charge in [0.15, 0.2) is 0 Å². The van der Waals surface area contributed by atoms with Crippen LogP contribution in [0.3, 0.4) is 0 Å². The van der Waals surface area contributed by atoms with Crippen LogP contribution in [0.5, 0.6) is 0 Å². The van der Waals surface area contributed by atoms with Gasteiger partial charge in [0, 0.05) is 5.41 Å². The first kappa shape index (κ1) is 11.4. The second-order valence-electron chi connectivity index (χ2n) is 4.71. The van der Waals surface area contributed by atoms with Gasteiger partial charge < -0.3 is 5.11 Å². The zero-order valence-electron chi connectivity index (χ0n) is 9.61. The van der Waals surface area contributed by atoms with Crippen LogP contribution < -0.4 is 0 Å². The van der Waals surface area contributed by atoms with Gasteiger partial charge in [-0.3, -0.25) is 0 Å². The SMILES string of the molecule is OC1CC1(c1cccc(F)c1)c1cccc(F)c1. The highest BCUT2D eigenvalue weighted by atomic mass is 19.1. The maximum Gasteiger partial charge on any atom is 0.123 e. The van der Waals surface area contributed by atoms with E-state index in [4.69, 9.17) is 0 Å². The van der Waals surface area contributed by atoms with E-state index in [-0.39, 0.29) is 11.6 Å². The Hall–Kier alpha value is -1.74. The molecule has 1 nitrogen and oxygen atoms in total. The Bertz CT molecular complexity index is 549. The molecule has 1 saturated carbocycles. The van der Waals surface area contributed by atoms with Crippen molar-refractivity contribution in [2.75, 3.05) is 0 Å². The standard InChI is InChI=1S/C15H12F2O/c16-12-5-1-3-10(7-12)15(9-14(15)18)11-4-2-6-13(17)8-11/h1-8,14,18H,9H2. The molecule has 1 atom stereocenters. The van der Waals surface area contributed by atoms with Crippen molar-refractivity contribution in [2.45, 2.75) is 17.9 Å². The van der Waals surface area contributed by atoms with Crippen LogP contribution in [-0.2, 0) is 5.41 Å². The van der Waals surface area contributed by atoms with Gasteiger partial charge in [0.25, 0.3) is 0 Å². The molecule has 18 heavy (non-hydrogen) atoms. The van der Waals surface area contributed by atoms with Crippen molar-refractivity contribution in [3.63, 3.8) is 0 Å². The average Bonchev–Trinajstić information content (AvgIpc) is 3.02. The van der Waals surface area contributed by atoms with Crippen LogP contribution in [0.15, 0.2) is 48.5 Å². The van der Waals surface area contributed by atoms with Gasteiger partial charge in [0.05, 0.1) is 6.10 Å². The Morgan fingerprint density at radius 1 is 0.944 bits per heavy atom. The van der Waals surface area contributed by atoms with Crippen LogP contribution in [0.2, 0.25) is 0 Å². The van der Waals surface area contributed by atoms with Crippen LogP contribution in [0, 0.1) is 11.6 Å². The highest BCUT2D eigenvalue weighted by Gasteiger charge is 2.56. The predicted octanol–water partition coefficient (Wildman–Crippen LogP) is 3.02. The number of halogens is 2. The molecule has 0 heterocycles. The molecule has 1 aliphatic rings. The van der Waals surface area contributed by atoms with Crippen molar-refractivity contribution in [3.05, 3.63) is 71.3 Å². The molecular formula is C15H12F2O. The van der Waals surface area contributed by atoms with Crippen LogP contribution in [0.25, 0.3) is 0 Å². The monoisotopic (exact) mass is 246 g/mol. The Morgan fingerprint density at radius 3 is 1.72 bits per heavy atom. The lowest BCUT2D eigenvalue weighted by molar-refractivity contribution is 0.257. The van der Waals surface area contributed by atoms with Gasteiger partial charge in [-0.1, -0.05) is 24.3 Å². The molecule has 0 saturated heterocycles. The highest BCUT2D eigenvalue weighted by molar-refractivity contribution is 5.48. The van der Waals surface area contributed by atoms with E-state index in [9.17, 15) is 13.9 Å². The van der Waals surface area contributed by atoms with E-state index in [0.29, 0.717) is 17.5 Å². The zero-order valence-corrected chi connectivity index (χ0v) is 9.61. The van der Waals surface area contributed by atoms with Gasteiger partial charge in [-0.15, -0.1) is 0 Å². The minimum atomic E-state index is -0.649. The molecule has 2 aromatic rings. The summed E-state index contributed by atoms with van der Waals surface area (Å²) in [4.78, 5) is 0. The van der Waals surface area contributed by atoms with E-state index >= 15 is 0 Å². The third-order valence-corrected chi connectivity index (χ3v) is 3.60. The first-order valence-corrected chi connectivity index (χ1v) is 5.83. The maximum absolute atomic E-state index is 13.3. The molecule has 0 amide bonds. The molecule has 1 unspecified atom stereocenters. The van der Waals surface area contributed by atoms with Gasteiger partial charge in [0.2, 0.25) is 0 Å². The zero-order chi connectivity index (χ0) is 12.8. The highest BCUT2D eigenvalue weighted by Crippen LogP contribution is 2.53. The lowest BCUT2D eigenvalue weighted by atomic mass is 9.87. The van der Waals surface area contributed by atoms with Gasteiger partial charge in [0.1, 0.15) is 11.6 Å². The Balaban J connectivity index is 2.12. The van der Waals surface area contributed by atoms with Crippen molar-refractivity contribution in [3.8, 4) is 0 Å². The predicted molar refractivity (Wildman–Crippen MR) is 64.2 cm³/mol. The number of benzene rings is 2. The summed E-state index contributed by atoms with van der Waals surface area (Å²) in [6.45, 7) is 0. The van der Waals surface area contributed by atoms with Gasteiger partial charge in [-0.2, -0.15) is 0 Å². The summed E-state index contributed by atoms with van der Waals surface area (Å²) in [5, 5.41) is 9.92. The quantitative estimate of drug-likeness (QED) is 0.863. The molecule has 1 aliphatic carbocycles. The van der Waals surface area contributed by atoms with E-state index in [0.717, 1.165) is 0 Å². The van der Waals surface area contributed by atoms with Gasteiger partial charge in [-0.05, 0) is 41.8 Å². The molecule has 1 N–H and O–H groups in total. The Labute approximate surface area is 104 Å². The van der Waals surface area contributed by atoms with Crippen molar-refractivity contribution in [2.24, 2.45) is 0 Å². The van der Waals surface area contributed by atoms with Gasteiger partial charge >= 0.3 is 0 Å². The molecule has 1 fully saturated rings. The van der Waals surface area contributed by atoms with Crippen LogP contribution in [-0.4, -0.2) is 11.2 Å². The number of rotatable bonds is 2. The number of aliphatic hydroxyl groups is 1. The summed E-state index contributed by atoms with van der Waals surface area (Å²) in [6.07, 6.45) is -0.0824. The van der Waals surface area contributed by atoms with Gasteiger partial charge in [-0.25, -0.2) is 8.78 Å². The minimum Gasteiger partial charge on any atom is -0.392 e. The average molecular weight is 246 g/mol. The summed E-state index contributed by atoms with van der Waals surface area (Å²) in [6, 6.07) is 12.3. The maximum atomic E-state index is 13.3. The number of aliphatic hydroxyl groups excluding tert-OH is 1. The molecular weight excluding hydrogens is 234 g/mol. The fraction of sp³-hybridized carbons (Fsp3) is 0.200. The molecule has 0 bridgehead atoms. The van der Waals surface area contributed by atoms with Crippen molar-refractivity contribution in [1.82, 2.24) is 0 Å². The van der Waals surface area contributed by atoms with Crippen molar-refractivity contribution in [1.29, 1.82) is 0 Å². The van der Waals surface area contributed by atoms with E-state index in [1.54, 1.807) is 24.3 Å². The minimum absolute atomic E-state index is 0.345. The molecule has 0 aliphatic heterocycles. The molecule has 92 valence electrons. The van der Waals surface area contributed by atoms with Crippen LogP contribution >= 0.6 is 0 Å². The molecule has 0 spiro atoms. The summed E-state index contributed by atoms with van der Waals surface area (Å²) in [5.74, 6) is -0.690. The van der Waals surface area contributed by atoms with Crippen LogP contribution in [0.1, 0.15) is 17.5 Å². The Kier molecular flexibility index (Phi) is 2.45. The molecule has 3 rings (SSSR count). The lowest BCUT2D eigenvalue weighted by Gasteiger charge is -2.17. The molecule has 0 radical (unpaired) electrons. The largest absolute Gasteiger partial charge is 0.392 e. The second kappa shape index (κ2) is 3.89. The second-order valence-corrected chi connectivity index (χ2v) is 4.71. The van der Waals surface area contributed by atoms with Crippen LogP contribution in [0.4, 0.5) is 8.78 Å². The normalized spacial score (nSPS) is 20.7. The fourth-order valence-electron chi connectivity index (χ4n) is 2.57. The van der Waals surface area contributed by atoms with Crippen molar-refractivity contribution >= 4 is 0 Å². The first-order valence-electron chi connectivity index (χ1n) is 5.83. The first-order chi connectivity index (χ1) is 8.63. The summed E-state index contributed by atoms with van der Waals surface area (Å²) in [5.41, 5.74) is 0.741. The third kappa shape index (κ3) is 1.63. The smallest absolute Gasteiger partial charge is 0.123 e. The van der Waals surface area contributed by atoms with E-state index in [2.05, 4.69) is 0 Å². The Morgan fingerprint density at radius 2 is 1.39 bits per heavy atom. The molecule has 3 heteroatoms. The number of hydrogen-bond donors (Lipinski definition) is 1. The third-order valence-electron chi connectivity index (χ3n) is 3.60. The summed E-state index contributed by atoms with van der Waals surface area (Å²) in [7, 11) is 0. The van der Waals surface area contributed by atoms with Crippen molar-refractivity contribution < 1.29 is 13.9 Å². The van der Waals surface area contributed by atoms with E-state index in [1.807, 2.05) is 0 Å². The summed E-state index contributed by atoms with van der Waals surface area (Å²) >= 11 is 0. The topological polar surface area (TPSA) is 20.2 Å². The molecule has 2 aromatic carbocycles. The lowest BCUT2D eigenvalue weighted by Crippen LogP contribution is -2.15. The van der Waals surface area contributed by atoms with E-state index < -0.39 is 11.5 Å². The fourth-order valence-corrected chi connectivity index (χ4v) is 2.57. The summed E-state index contributed by atoms with van der Waals surface area (Å²) < 4.78 is 26.6. The van der Waals surface area contributed by atoms with E-state index in [1.165, 1.54) is 24.3 Å².